The molecule has 1 aromatic carbocycles. The first-order chi connectivity index (χ1) is 10.9. The van der Waals surface area contributed by atoms with Gasteiger partial charge in [-0.05, 0) is 23.8 Å². The molecule has 2 aromatic heterocycles. The van der Waals surface area contributed by atoms with Crippen LogP contribution in [0.2, 0.25) is 0 Å². The lowest BCUT2D eigenvalue weighted by Gasteiger charge is -2.12. The highest BCUT2D eigenvalue weighted by atomic mass is 19.4. The lowest BCUT2D eigenvalue weighted by atomic mass is 10.00. The van der Waals surface area contributed by atoms with Crippen LogP contribution in [0.15, 0.2) is 47.5 Å². The molecule has 0 saturated carbocycles. The molecule has 0 atom stereocenters. The van der Waals surface area contributed by atoms with Crippen LogP contribution in [0, 0.1) is 0 Å². The van der Waals surface area contributed by atoms with Crippen molar-refractivity contribution in [2.75, 3.05) is 0 Å². The van der Waals surface area contributed by atoms with E-state index in [2.05, 4.69) is 9.97 Å². The minimum absolute atomic E-state index is 0.0656. The highest BCUT2D eigenvalue weighted by Gasteiger charge is 2.33. The zero-order valence-corrected chi connectivity index (χ0v) is 11.8. The molecule has 0 aliphatic carbocycles. The molecule has 0 saturated heterocycles. The van der Waals surface area contributed by atoms with Gasteiger partial charge in [0.05, 0.1) is 5.56 Å². The number of pyridine rings is 2. The Kier molecular flexibility index (Phi) is 3.65. The average Bonchev–Trinajstić information content (AvgIpc) is 2.53. The van der Waals surface area contributed by atoms with E-state index in [1.807, 2.05) is 0 Å². The Labute approximate surface area is 128 Å². The molecule has 0 aliphatic heterocycles. The van der Waals surface area contributed by atoms with Gasteiger partial charge in [0.25, 0.3) is 0 Å². The van der Waals surface area contributed by atoms with Crippen molar-refractivity contribution in [1.82, 2.24) is 9.97 Å². The van der Waals surface area contributed by atoms with Gasteiger partial charge in [-0.25, -0.2) is 0 Å². The van der Waals surface area contributed by atoms with Gasteiger partial charge in [0.15, 0.2) is 5.43 Å². The number of nitrogens with two attached hydrogens (primary N) is 1. The van der Waals surface area contributed by atoms with Crippen LogP contribution in [0.4, 0.5) is 13.2 Å². The Morgan fingerprint density at radius 2 is 1.96 bits per heavy atom. The van der Waals surface area contributed by atoms with Crippen molar-refractivity contribution in [3.63, 3.8) is 0 Å². The van der Waals surface area contributed by atoms with E-state index in [4.69, 9.17) is 5.73 Å². The van der Waals surface area contributed by atoms with Gasteiger partial charge in [-0.15, -0.1) is 0 Å². The summed E-state index contributed by atoms with van der Waals surface area (Å²) in [6.07, 6.45) is -2.26. The minimum Gasteiger partial charge on any atom is -0.357 e. The van der Waals surface area contributed by atoms with E-state index in [9.17, 15) is 18.0 Å². The van der Waals surface area contributed by atoms with E-state index in [1.54, 1.807) is 6.07 Å². The second-order valence-electron chi connectivity index (χ2n) is 5.04. The highest BCUT2D eigenvalue weighted by Crippen LogP contribution is 2.36. The van der Waals surface area contributed by atoms with Gasteiger partial charge in [-0.2, -0.15) is 13.2 Å². The third-order valence-corrected chi connectivity index (χ3v) is 3.54. The van der Waals surface area contributed by atoms with E-state index < -0.39 is 11.7 Å². The maximum absolute atomic E-state index is 13.1. The predicted octanol–water partition coefficient (Wildman–Crippen LogP) is 3.07. The fraction of sp³-hybridized carbons (Fsp3) is 0.125. The molecule has 2 heterocycles. The first-order valence-corrected chi connectivity index (χ1v) is 6.78. The number of H-pyrrole nitrogens is 1. The second kappa shape index (κ2) is 5.51. The van der Waals surface area contributed by atoms with Crippen LogP contribution in [0.1, 0.15) is 11.3 Å². The van der Waals surface area contributed by atoms with Gasteiger partial charge in [0, 0.05) is 47.2 Å². The second-order valence-corrected chi connectivity index (χ2v) is 5.04. The molecule has 7 heteroatoms. The fourth-order valence-electron chi connectivity index (χ4n) is 2.45. The summed E-state index contributed by atoms with van der Waals surface area (Å²) < 4.78 is 39.3. The molecule has 118 valence electrons. The summed E-state index contributed by atoms with van der Waals surface area (Å²) in [6, 6.07) is 6.78. The largest absolute Gasteiger partial charge is 0.417 e. The third-order valence-electron chi connectivity index (χ3n) is 3.54. The van der Waals surface area contributed by atoms with Crippen molar-refractivity contribution in [2.45, 2.75) is 12.7 Å². The lowest BCUT2D eigenvalue weighted by molar-refractivity contribution is -0.137. The molecule has 0 amide bonds. The summed E-state index contributed by atoms with van der Waals surface area (Å²) in [5.74, 6) is 0. The van der Waals surface area contributed by atoms with Crippen LogP contribution in [-0.4, -0.2) is 9.97 Å². The molecule has 3 N–H and O–H groups in total. The van der Waals surface area contributed by atoms with Crippen LogP contribution >= 0.6 is 0 Å². The number of hydrogen-bond acceptors (Lipinski definition) is 3. The van der Waals surface area contributed by atoms with Gasteiger partial charge in [-0.3, -0.25) is 9.78 Å². The zero-order chi connectivity index (χ0) is 16.6. The maximum Gasteiger partial charge on any atom is 0.417 e. The molecule has 0 spiro atoms. The van der Waals surface area contributed by atoms with Crippen molar-refractivity contribution in [3.8, 4) is 11.1 Å². The molecule has 0 radical (unpaired) electrons. The number of aromatic amines is 1. The van der Waals surface area contributed by atoms with Crippen molar-refractivity contribution < 1.29 is 13.2 Å². The summed E-state index contributed by atoms with van der Waals surface area (Å²) in [7, 11) is 0. The number of halogens is 3. The number of nitrogens with one attached hydrogen (secondary N) is 1. The SMILES string of the molecule is NCc1cc(=O)c2cc(-c3cnccc3C(F)(F)F)ccc2[nH]1. The number of fused-ring (bicyclic) bond motifs is 1. The molecule has 0 fully saturated rings. The zero-order valence-electron chi connectivity index (χ0n) is 11.8. The molecular weight excluding hydrogens is 307 g/mol. The Bertz CT molecular complexity index is 932. The number of hydrogen-bond donors (Lipinski definition) is 2. The maximum atomic E-state index is 13.1. The van der Waals surface area contributed by atoms with Gasteiger partial charge in [0.2, 0.25) is 0 Å². The third kappa shape index (κ3) is 2.83. The summed E-state index contributed by atoms with van der Waals surface area (Å²) in [5.41, 5.74) is 5.72. The molecule has 0 aliphatic rings. The quantitative estimate of drug-likeness (QED) is 0.762. The molecule has 0 unspecified atom stereocenters. The standard InChI is InChI=1S/C16H12F3N3O/c17-16(18,19)13-3-4-21-8-12(13)9-1-2-14-11(5-9)15(23)6-10(7-20)22-14/h1-6,8H,7,20H2,(H,22,23). The number of nitrogens with zero attached hydrogens (tertiary/aromatic N) is 1. The number of rotatable bonds is 2. The monoisotopic (exact) mass is 319 g/mol. The highest BCUT2D eigenvalue weighted by molar-refractivity contribution is 5.85. The van der Waals surface area contributed by atoms with Crippen molar-refractivity contribution in [1.29, 1.82) is 0 Å². The van der Waals surface area contributed by atoms with Gasteiger partial charge >= 0.3 is 6.18 Å². The lowest BCUT2D eigenvalue weighted by Crippen LogP contribution is -2.09. The summed E-state index contributed by atoms with van der Waals surface area (Å²) in [6.45, 7) is 0.174. The first kappa shape index (κ1) is 15.2. The van der Waals surface area contributed by atoms with E-state index >= 15 is 0 Å². The number of benzene rings is 1. The van der Waals surface area contributed by atoms with E-state index in [0.29, 0.717) is 16.6 Å². The van der Waals surface area contributed by atoms with E-state index in [0.717, 1.165) is 18.5 Å². The molecule has 23 heavy (non-hydrogen) atoms. The number of alkyl halides is 3. The van der Waals surface area contributed by atoms with Gasteiger partial charge < -0.3 is 10.7 Å². The molecule has 0 bridgehead atoms. The molecule has 4 nitrogen and oxygen atoms in total. The Morgan fingerprint density at radius 3 is 2.65 bits per heavy atom. The Hall–Kier alpha value is -2.67. The topological polar surface area (TPSA) is 71.8 Å². The summed E-state index contributed by atoms with van der Waals surface area (Å²) in [5, 5.41) is 0.302. The van der Waals surface area contributed by atoms with Gasteiger partial charge in [-0.1, -0.05) is 6.07 Å². The van der Waals surface area contributed by atoms with Crippen LogP contribution < -0.4 is 11.2 Å². The van der Waals surface area contributed by atoms with Crippen molar-refractivity contribution in [2.24, 2.45) is 5.73 Å². The molecule has 3 rings (SSSR count). The normalized spacial score (nSPS) is 11.8. The Balaban J connectivity index is 2.23. The van der Waals surface area contributed by atoms with Crippen LogP contribution in [0.5, 0.6) is 0 Å². The Morgan fingerprint density at radius 1 is 1.17 bits per heavy atom. The predicted molar refractivity (Wildman–Crippen MR) is 80.7 cm³/mol. The first-order valence-electron chi connectivity index (χ1n) is 6.78. The van der Waals surface area contributed by atoms with E-state index in [-0.39, 0.29) is 23.1 Å². The van der Waals surface area contributed by atoms with Crippen LogP contribution in [0.25, 0.3) is 22.0 Å². The van der Waals surface area contributed by atoms with Crippen molar-refractivity contribution >= 4 is 10.9 Å². The summed E-state index contributed by atoms with van der Waals surface area (Å²) in [4.78, 5) is 18.9. The fourth-order valence-corrected chi connectivity index (χ4v) is 2.45. The average molecular weight is 319 g/mol. The molecule has 3 aromatic rings. The van der Waals surface area contributed by atoms with E-state index in [1.165, 1.54) is 18.2 Å². The van der Waals surface area contributed by atoms with Crippen LogP contribution in [-0.2, 0) is 12.7 Å². The smallest absolute Gasteiger partial charge is 0.357 e. The molecular formula is C16H12F3N3O. The summed E-state index contributed by atoms with van der Waals surface area (Å²) >= 11 is 0. The number of aromatic nitrogens is 2. The van der Waals surface area contributed by atoms with Crippen molar-refractivity contribution in [3.05, 3.63) is 64.2 Å². The minimum atomic E-state index is -4.50. The van der Waals surface area contributed by atoms with Crippen LogP contribution in [0.3, 0.4) is 0 Å². The van der Waals surface area contributed by atoms with Gasteiger partial charge in [0.1, 0.15) is 0 Å².